The highest BCUT2D eigenvalue weighted by Crippen LogP contribution is 2.35. The lowest BCUT2D eigenvalue weighted by atomic mass is 9.89. The van der Waals surface area contributed by atoms with E-state index in [1.807, 2.05) is 73.8 Å². The van der Waals surface area contributed by atoms with Crippen molar-refractivity contribution in [2.45, 2.75) is 46.6 Å². The average Bonchev–Trinajstić information content (AvgIpc) is 3.48. The van der Waals surface area contributed by atoms with Gasteiger partial charge in [0, 0.05) is 18.2 Å². The van der Waals surface area contributed by atoms with Crippen LogP contribution in [0.1, 0.15) is 38.5 Å². The Bertz CT molecular complexity index is 1530. The van der Waals surface area contributed by atoms with Crippen LogP contribution in [0.4, 0.5) is 0 Å². The number of rotatable bonds is 8. The smallest absolute Gasteiger partial charge is 0.240 e. The van der Waals surface area contributed by atoms with Gasteiger partial charge in [0.15, 0.2) is 32.2 Å². The van der Waals surface area contributed by atoms with Crippen molar-refractivity contribution in [2.24, 2.45) is 12.5 Å². The van der Waals surface area contributed by atoms with Gasteiger partial charge in [-0.25, -0.2) is 9.67 Å². The van der Waals surface area contributed by atoms with E-state index in [2.05, 4.69) is 44.1 Å². The van der Waals surface area contributed by atoms with Gasteiger partial charge in [-0.15, -0.1) is 15.3 Å². The predicted molar refractivity (Wildman–Crippen MR) is 149 cm³/mol. The van der Waals surface area contributed by atoms with Crippen molar-refractivity contribution in [1.82, 2.24) is 34.6 Å². The Labute approximate surface area is 224 Å². The molecule has 0 fully saturated rings. The Balaban J connectivity index is 1.51. The third-order valence-corrected chi connectivity index (χ3v) is 6.93. The minimum Gasteiger partial charge on any atom is -0.468 e. The standard InChI is InChI=1S/C28H33N7O2Si/c1-28(2,3)24(37-38(5)6)25-29-23(34(4)32-25)18-36-27-21(19-13-9-7-10-14-19)17-22-30-31-26(35(22)33-27)20-15-11-8-12-16-20/h7-17,24,38H,18H2,1-6H3. The number of nitrogens with zero attached hydrogens (tertiary/aromatic N) is 7. The van der Waals surface area contributed by atoms with Gasteiger partial charge in [-0.2, -0.15) is 9.61 Å². The van der Waals surface area contributed by atoms with Crippen molar-refractivity contribution in [2.75, 3.05) is 0 Å². The molecule has 0 saturated carbocycles. The number of aryl methyl sites for hydroxylation is 1. The molecule has 3 heterocycles. The summed E-state index contributed by atoms with van der Waals surface area (Å²) in [6, 6.07) is 21.8. The summed E-state index contributed by atoms with van der Waals surface area (Å²) in [6.07, 6.45) is -0.186. The summed E-state index contributed by atoms with van der Waals surface area (Å²) >= 11 is 0. The molecule has 0 aliphatic heterocycles. The summed E-state index contributed by atoms with van der Waals surface area (Å²) in [5, 5.41) is 18.3. The number of ether oxygens (including phenoxy) is 1. The molecule has 0 amide bonds. The van der Waals surface area contributed by atoms with Crippen LogP contribution in [0.5, 0.6) is 5.88 Å². The van der Waals surface area contributed by atoms with E-state index in [1.165, 1.54) is 0 Å². The lowest BCUT2D eigenvalue weighted by molar-refractivity contribution is 0.0783. The van der Waals surface area contributed by atoms with Crippen LogP contribution in [-0.2, 0) is 18.1 Å². The lowest BCUT2D eigenvalue weighted by Gasteiger charge is -2.30. The highest BCUT2D eigenvalue weighted by Gasteiger charge is 2.32. The Morgan fingerprint density at radius 1 is 0.895 bits per heavy atom. The third-order valence-electron chi connectivity index (χ3n) is 6.11. The molecule has 0 saturated heterocycles. The van der Waals surface area contributed by atoms with E-state index in [4.69, 9.17) is 24.3 Å². The summed E-state index contributed by atoms with van der Waals surface area (Å²) in [5.74, 6) is 2.48. The van der Waals surface area contributed by atoms with E-state index >= 15 is 0 Å². The highest BCUT2D eigenvalue weighted by atomic mass is 28.3. The Morgan fingerprint density at radius 3 is 2.18 bits per heavy atom. The van der Waals surface area contributed by atoms with Crippen LogP contribution in [0.25, 0.3) is 28.2 Å². The van der Waals surface area contributed by atoms with Gasteiger partial charge in [-0.3, -0.25) is 0 Å². The van der Waals surface area contributed by atoms with Crippen molar-refractivity contribution < 1.29 is 9.16 Å². The molecule has 2 aromatic carbocycles. The van der Waals surface area contributed by atoms with Gasteiger partial charge < -0.3 is 9.16 Å². The first-order chi connectivity index (χ1) is 18.2. The molecule has 196 valence electrons. The minimum absolute atomic E-state index is 0.133. The Morgan fingerprint density at radius 2 is 1.55 bits per heavy atom. The highest BCUT2D eigenvalue weighted by molar-refractivity contribution is 6.48. The van der Waals surface area contributed by atoms with Crippen molar-refractivity contribution in [3.05, 3.63) is 78.4 Å². The molecule has 0 N–H and O–H groups in total. The summed E-state index contributed by atoms with van der Waals surface area (Å²) in [7, 11) is 0.573. The van der Waals surface area contributed by atoms with Crippen LogP contribution >= 0.6 is 0 Å². The largest absolute Gasteiger partial charge is 0.468 e. The van der Waals surface area contributed by atoms with Crippen LogP contribution < -0.4 is 4.74 Å². The van der Waals surface area contributed by atoms with Gasteiger partial charge in [0.2, 0.25) is 5.88 Å². The molecule has 9 nitrogen and oxygen atoms in total. The molecule has 1 unspecified atom stereocenters. The quantitative estimate of drug-likeness (QED) is 0.254. The molecule has 0 aliphatic carbocycles. The molecule has 5 rings (SSSR count). The fourth-order valence-corrected chi connectivity index (χ4v) is 5.32. The maximum Gasteiger partial charge on any atom is 0.240 e. The molecular formula is C28H33N7O2Si. The zero-order valence-electron chi connectivity index (χ0n) is 22.7. The van der Waals surface area contributed by atoms with Crippen LogP contribution in [0.2, 0.25) is 13.1 Å². The monoisotopic (exact) mass is 527 g/mol. The van der Waals surface area contributed by atoms with E-state index < -0.39 is 9.04 Å². The first-order valence-electron chi connectivity index (χ1n) is 12.8. The van der Waals surface area contributed by atoms with E-state index in [1.54, 1.807) is 9.20 Å². The number of aromatic nitrogens is 7. The van der Waals surface area contributed by atoms with Crippen LogP contribution in [-0.4, -0.2) is 43.6 Å². The van der Waals surface area contributed by atoms with E-state index in [0.29, 0.717) is 29.0 Å². The molecule has 10 heteroatoms. The average molecular weight is 528 g/mol. The fourth-order valence-electron chi connectivity index (χ4n) is 4.25. The molecule has 3 aromatic heterocycles. The summed E-state index contributed by atoms with van der Waals surface area (Å²) in [4.78, 5) is 4.83. The van der Waals surface area contributed by atoms with E-state index in [9.17, 15) is 0 Å². The van der Waals surface area contributed by atoms with Gasteiger partial charge in [-0.05, 0) is 30.1 Å². The number of fused-ring (bicyclic) bond motifs is 1. The van der Waals surface area contributed by atoms with Crippen molar-refractivity contribution in [3.63, 3.8) is 0 Å². The Hall–Kier alpha value is -3.89. The van der Waals surface area contributed by atoms with Gasteiger partial charge in [0.1, 0.15) is 12.7 Å². The lowest BCUT2D eigenvalue weighted by Crippen LogP contribution is -2.27. The molecule has 0 aliphatic rings. The molecule has 0 radical (unpaired) electrons. The van der Waals surface area contributed by atoms with Crippen molar-refractivity contribution >= 4 is 14.7 Å². The zero-order chi connectivity index (χ0) is 26.9. The molecule has 0 spiro atoms. The second-order valence-corrected chi connectivity index (χ2v) is 13.0. The first kappa shape index (κ1) is 25.7. The number of hydrogen-bond donors (Lipinski definition) is 0. The maximum absolute atomic E-state index is 6.34. The van der Waals surface area contributed by atoms with Gasteiger partial charge in [0.25, 0.3) is 0 Å². The van der Waals surface area contributed by atoms with Crippen molar-refractivity contribution in [3.8, 4) is 28.4 Å². The second-order valence-electron chi connectivity index (χ2n) is 10.6. The number of hydrogen-bond acceptors (Lipinski definition) is 7. The van der Waals surface area contributed by atoms with Gasteiger partial charge in [0.05, 0.1) is 0 Å². The normalized spacial score (nSPS) is 12.8. The SMILES string of the molecule is Cn1nc(C(O[SiH](C)C)C(C)(C)C)nc1COc1nn2c(-c3ccccc3)nnc2cc1-c1ccccc1. The first-order valence-corrected chi connectivity index (χ1v) is 15.5. The van der Waals surface area contributed by atoms with Gasteiger partial charge in [-0.1, -0.05) is 81.4 Å². The Kier molecular flexibility index (Phi) is 7.09. The molecule has 0 bridgehead atoms. The number of benzene rings is 2. The summed E-state index contributed by atoms with van der Waals surface area (Å²) in [6.45, 7) is 11.0. The molecule has 1 atom stereocenters. The fraction of sp³-hybridized carbons (Fsp3) is 0.321. The van der Waals surface area contributed by atoms with E-state index in [-0.39, 0.29) is 18.1 Å². The maximum atomic E-state index is 6.34. The van der Waals surface area contributed by atoms with Crippen LogP contribution in [0.3, 0.4) is 0 Å². The topological polar surface area (TPSA) is 92.2 Å². The molecule has 5 aromatic rings. The second kappa shape index (κ2) is 10.5. The summed E-state index contributed by atoms with van der Waals surface area (Å²) < 4.78 is 16.2. The predicted octanol–water partition coefficient (Wildman–Crippen LogP) is 5.25. The van der Waals surface area contributed by atoms with Crippen LogP contribution in [0.15, 0.2) is 66.7 Å². The zero-order valence-corrected chi connectivity index (χ0v) is 23.8. The summed E-state index contributed by atoms with van der Waals surface area (Å²) in [5.41, 5.74) is 3.23. The van der Waals surface area contributed by atoms with E-state index in [0.717, 1.165) is 16.7 Å². The van der Waals surface area contributed by atoms with Gasteiger partial charge >= 0.3 is 0 Å². The minimum atomic E-state index is -1.31. The molecule has 38 heavy (non-hydrogen) atoms. The van der Waals surface area contributed by atoms with Crippen molar-refractivity contribution in [1.29, 1.82) is 0 Å². The molecular weight excluding hydrogens is 494 g/mol. The van der Waals surface area contributed by atoms with Crippen LogP contribution in [0, 0.1) is 5.41 Å². The third kappa shape index (κ3) is 5.36.